The first-order chi connectivity index (χ1) is 13.7. The Hall–Kier alpha value is -2.01. The minimum Gasteiger partial charge on any atom is -0.494 e. The lowest BCUT2D eigenvalue weighted by Gasteiger charge is -2.22. The summed E-state index contributed by atoms with van der Waals surface area (Å²) in [5.74, 6) is 0.615. The van der Waals surface area contributed by atoms with Gasteiger partial charge in [0.1, 0.15) is 5.75 Å². The Morgan fingerprint density at radius 3 is 2.41 bits per heavy atom. The van der Waals surface area contributed by atoms with Gasteiger partial charge < -0.3 is 9.64 Å². The van der Waals surface area contributed by atoms with Gasteiger partial charge in [-0.15, -0.1) is 0 Å². The Balaban J connectivity index is 2.27. The highest BCUT2D eigenvalue weighted by molar-refractivity contribution is 7.91. The van der Waals surface area contributed by atoms with Crippen LogP contribution >= 0.6 is 11.3 Å². The molecule has 0 fully saturated rings. The van der Waals surface area contributed by atoms with E-state index in [1.54, 1.807) is 11.8 Å². The highest BCUT2D eigenvalue weighted by atomic mass is 32.2. The average Bonchev–Trinajstić information content (AvgIpc) is 3.05. The number of benzene rings is 1. The van der Waals surface area contributed by atoms with E-state index in [1.807, 2.05) is 50.2 Å². The molecular formula is C19H28N4O4S2. The van der Waals surface area contributed by atoms with Crippen LogP contribution in [0.4, 0.5) is 5.13 Å². The number of nitrogens with one attached hydrogen (secondary N) is 1. The summed E-state index contributed by atoms with van der Waals surface area (Å²) >= 11 is 1.00. The van der Waals surface area contributed by atoms with Crippen molar-refractivity contribution in [3.63, 3.8) is 0 Å². The van der Waals surface area contributed by atoms with E-state index in [0.717, 1.165) is 22.6 Å². The first kappa shape index (κ1) is 23.3. The van der Waals surface area contributed by atoms with Crippen LogP contribution in [-0.2, 0) is 21.2 Å². The molecule has 160 valence electrons. The zero-order chi connectivity index (χ0) is 21.6. The third-order valence-corrected chi connectivity index (χ3v) is 7.35. The van der Waals surface area contributed by atoms with Gasteiger partial charge in [0.2, 0.25) is 5.91 Å². The van der Waals surface area contributed by atoms with Crippen LogP contribution in [0.15, 0.2) is 28.5 Å². The Morgan fingerprint density at radius 1 is 1.21 bits per heavy atom. The zero-order valence-electron chi connectivity index (χ0n) is 17.4. The monoisotopic (exact) mass is 440 g/mol. The molecule has 0 spiro atoms. The van der Waals surface area contributed by atoms with E-state index >= 15 is 0 Å². The topological polar surface area (TPSA) is 91.8 Å². The second-order valence-corrected chi connectivity index (χ2v) is 9.74. The predicted octanol–water partition coefficient (Wildman–Crippen LogP) is 1.90. The minimum absolute atomic E-state index is 0.124. The Labute approximate surface area is 176 Å². The van der Waals surface area contributed by atoms with Gasteiger partial charge in [-0.2, -0.15) is 0 Å². The number of hydrogen-bond donors (Lipinski definition) is 1. The van der Waals surface area contributed by atoms with Gasteiger partial charge in [-0.3, -0.25) is 9.69 Å². The lowest BCUT2D eigenvalue weighted by Crippen LogP contribution is -2.37. The van der Waals surface area contributed by atoms with Crippen LogP contribution in [0.5, 0.6) is 5.75 Å². The van der Waals surface area contributed by atoms with Crippen molar-refractivity contribution in [2.75, 3.05) is 45.7 Å². The number of hydrogen-bond acceptors (Lipinski definition) is 7. The molecule has 1 aromatic carbocycles. The van der Waals surface area contributed by atoms with Gasteiger partial charge in [0.05, 0.1) is 18.7 Å². The second kappa shape index (κ2) is 10.1. The number of sulfonamides is 1. The molecule has 2 rings (SSSR count). The second-order valence-electron chi connectivity index (χ2n) is 6.68. The zero-order valence-corrected chi connectivity index (χ0v) is 19.1. The molecule has 0 saturated heterocycles. The van der Waals surface area contributed by atoms with Gasteiger partial charge in [-0.05, 0) is 52.7 Å². The van der Waals surface area contributed by atoms with Crippen molar-refractivity contribution >= 4 is 32.4 Å². The number of nitrogens with zero attached hydrogens (tertiary/aromatic N) is 3. The van der Waals surface area contributed by atoms with Crippen LogP contribution in [0.25, 0.3) is 0 Å². The number of thiazole rings is 1. The standard InChI is InChI=1S/C19H28N4O4S2/c1-6-27-16-9-7-15(8-10-16)13-17(24)23(12-11-22(4)5)19-21-14(2)18(28-19)29(25,26)20-3/h7-10,20H,6,11-13H2,1-5H3. The van der Waals surface area contributed by atoms with Crippen molar-refractivity contribution in [1.82, 2.24) is 14.6 Å². The van der Waals surface area contributed by atoms with E-state index in [-0.39, 0.29) is 16.5 Å². The van der Waals surface area contributed by atoms with Gasteiger partial charge in [0.25, 0.3) is 10.0 Å². The molecule has 8 nitrogen and oxygen atoms in total. The fourth-order valence-corrected chi connectivity index (χ4v) is 4.97. The molecular weight excluding hydrogens is 412 g/mol. The van der Waals surface area contributed by atoms with Crippen molar-refractivity contribution in [3.8, 4) is 5.75 Å². The first-order valence-electron chi connectivity index (χ1n) is 9.25. The SMILES string of the molecule is CCOc1ccc(CC(=O)N(CCN(C)C)c2nc(C)c(S(=O)(=O)NC)s2)cc1. The molecule has 29 heavy (non-hydrogen) atoms. The molecule has 10 heteroatoms. The summed E-state index contributed by atoms with van der Waals surface area (Å²) in [5.41, 5.74) is 1.23. The molecule has 1 N–H and O–H groups in total. The van der Waals surface area contributed by atoms with Crippen molar-refractivity contribution < 1.29 is 17.9 Å². The van der Waals surface area contributed by atoms with Crippen molar-refractivity contribution in [3.05, 3.63) is 35.5 Å². The highest BCUT2D eigenvalue weighted by Gasteiger charge is 2.25. The van der Waals surface area contributed by atoms with E-state index in [4.69, 9.17) is 4.74 Å². The average molecular weight is 441 g/mol. The summed E-state index contributed by atoms with van der Waals surface area (Å²) in [4.78, 5) is 20.9. The number of ether oxygens (including phenoxy) is 1. The van der Waals surface area contributed by atoms with Crippen LogP contribution in [0.3, 0.4) is 0 Å². The van der Waals surface area contributed by atoms with Gasteiger partial charge in [0, 0.05) is 13.1 Å². The lowest BCUT2D eigenvalue weighted by molar-refractivity contribution is -0.118. The van der Waals surface area contributed by atoms with Crippen molar-refractivity contribution in [2.45, 2.75) is 24.5 Å². The van der Waals surface area contributed by atoms with Crippen LogP contribution in [0.2, 0.25) is 0 Å². The van der Waals surface area contributed by atoms with Gasteiger partial charge in [-0.25, -0.2) is 18.1 Å². The highest BCUT2D eigenvalue weighted by Crippen LogP contribution is 2.30. The summed E-state index contributed by atoms with van der Waals surface area (Å²) in [6.07, 6.45) is 0.187. The molecule has 1 heterocycles. The van der Waals surface area contributed by atoms with E-state index in [1.165, 1.54) is 7.05 Å². The molecule has 0 bridgehead atoms. The number of rotatable bonds is 10. The Morgan fingerprint density at radius 2 is 1.86 bits per heavy atom. The Bertz CT molecular complexity index is 924. The molecule has 0 aliphatic carbocycles. The first-order valence-corrected chi connectivity index (χ1v) is 11.6. The summed E-state index contributed by atoms with van der Waals surface area (Å²) in [6.45, 7) is 5.17. The van der Waals surface area contributed by atoms with Crippen LogP contribution in [0.1, 0.15) is 18.2 Å². The molecule has 0 aliphatic heterocycles. The Kier molecular flexibility index (Phi) is 8.14. The lowest BCUT2D eigenvalue weighted by atomic mass is 10.1. The summed E-state index contributed by atoms with van der Waals surface area (Å²) in [6, 6.07) is 7.39. The number of carbonyl (C=O) groups is 1. The van der Waals surface area contributed by atoms with Crippen molar-refractivity contribution in [2.24, 2.45) is 0 Å². The molecule has 1 aromatic heterocycles. The van der Waals surface area contributed by atoms with E-state index in [9.17, 15) is 13.2 Å². The van der Waals surface area contributed by atoms with Crippen LogP contribution in [0, 0.1) is 6.92 Å². The van der Waals surface area contributed by atoms with Gasteiger partial charge in [-0.1, -0.05) is 23.5 Å². The molecule has 1 amide bonds. The molecule has 0 atom stereocenters. The third kappa shape index (κ3) is 6.23. The molecule has 0 radical (unpaired) electrons. The summed E-state index contributed by atoms with van der Waals surface area (Å²) < 4.78 is 32.3. The summed E-state index contributed by atoms with van der Waals surface area (Å²) in [7, 11) is 1.56. The quantitative estimate of drug-likeness (QED) is 0.607. The number of aryl methyl sites for hydroxylation is 1. The van der Waals surface area contributed by atoms with E-state index in [0.29, 0.717) is 30.5 Å². The van der Waals surface area contributed by atoms with Gasteiger partial charge in [0.15, 0.2) is 9.34 Å². The van der Waals surface area contributed by atoms with Crippen LogP contribution < -0.4 is 14.4 Å². The number of carbonyl (C=O) groups excluding carboxylic acids is 1. The molecule has 2 aromatic rings. The van der Waals surface area contributed by atoms with E-state index in [2.05, 4.69) is 9.71 Å². The van der Waals surface area contributed by atoms with Crippen molar-refractivity contribution in [1.29, 1.82) is 0 Å². The third-order valence-electron chi connectivity index (χ3n) is 4.15. The fourth-order valence-electron chi connectivity index (χ4n) is 2.59. The molecule has 0 aliphatic rings. The minimum atomic E-state index is -3.62. The van der Waals surface area contributed by atoms with Gasteiger partial charge >= 0.3 is 0 Å². The predicted molar refractivity (Wildman–Crippen MR) is 115 cm³/mol. The maximum absolute atomic E-state index is 13.1. The fraction of sp³-hybridized carbons (Fsp3) is 0.474. The summed E-state index contributed by atoms with van der Waals surface area (Å²) in [5, 5.41) is 0.383. The number of amides is 1. The van der Waals surface area contributed by atoms with Crippen LogP contribution in [-0.4, -0.2) is 65.0 Å². The number of likely N-dealkylation sites (N-methyl/N-ethyl adjacent to an activating group) is 1. The largest absolute Gasteiger partial charge is 0.494 e. The molecule has 0 unspecified atom stereocenters. The molecule has 0 saturated carbocycles. The normalized spacial score (nSPS) is 11.7. The maximum atomic E-state index is 13.1. The smallest absolute Gasteiger partial charge is 0.251 e. The maximum Gasteiger partial charge on any atom is 0.251 e. The van der Waals surface area contributed by atoms with E-state index < -0.39 is 10.0 Å². The number of aromatic nitrogens is 1. The number of anilines is 1.